The fourth-order valence-corrected chi connectivity index (χ4v) is 0.560. The van der Waals surface area contributed by atoms with E-state index in [-0.39, 0.29) is 6.08 Å². The maximum atomic E-state index is 12.2. The molecule has 0 aliphatic heterocycles. The molecule has 0 saturated carbocycles. The number of alkyl halides is 4. The molecule has 0 aromatic rings. The van der Waals surface area contributed by atoms with Gasteiger partial charge in [-0.25, -0.2) is 0 Å². The number of hydrogen-bond donors (Lipinski definition) is 0. The fourth-order valence-electron chi connectivity index (χ4n) is 0.560. The molecular formula is C6H3F4. The molecule has 55 valence electrons. The molecule has 0 spiro atoms. The van der Waals surface area contributed by atoms with Crippen LogP contribution in [0, 0.1) is 6.08 Å². The molecule has 1 aliphatic carbocycles. The van der Waals surface area contributed by atoms with Crippen molar-refractivity contribution in [1.82, 2.24) is 0 Å². The van der Waals surface area contributed by atoms with Gasteiger partial charge < -0.3 is 0 Å². The Morgan fingerprint density at radius 1 is 1.30 bits per heavy atom. The standard InChI is InChI=1S/C6H3F4/c1-4-2-3-5(7,8)6(4,9)10/h3H,1H2. The summed E-state index contributed by atoms with van der Waals surface area (Å²) in [6, 6.07) is 0. The van der Waals surface area contributed by atoms with E-state index in [0.29, 0.717) is 0 Å². The van der Waals surface area contributed by atoms with Gasteiger partial charge in [-0.2, -0.15) is 17.6 Å². The van der Waals surface area contributed by atoms with Crippen molar-refractivity contribution in [3.05, 3.63) is 24.3 Å². The van der Waals surface area contributed by atoms with Crippen LogP contribution in [0.5, 0.6) is 0 Å². The highest BCUT2D eigenvalue weighted by Crippen LogP contribution is 2.44. The second-order valence-electron chi connectivity index (χ2n) is 1.96. The minimum absolute atomic E-state index is 0.0370. The lowest BCUT2D eigenvalue weighted by atomic mass is 10.2. The summed E-state index contributed by atoms with van der Waals surface area (Å²) < 4.78 is 48.4. The molecule has 1 rings (SSSR count). The molecular weight excluding hydrogens is 148 g/mol. The van der Waals surface area contributed by atoms with Crippen LogP contribution in [-0.4, -0.2) is 11.8 Å². The van der Waals surface area contributed by atoms with E-state index in [9.17, 15) is 17.6 Å². The van der Waals surface area contributed by atoms with Gasteiger partial charge in [0.1, 0.15) is 0 Å². The summed E-state index contributed by atoms with van der Waals surface area (Å²) >= 11 is 0. The summed E-state index contributed by atoms with van der Waals surface area (Å²) in [7, 11) is 0. The quantitative estimate of drug-likeness (QED) is 0.465. The Morgan fingerprint density at radius 3 is 1.90 bits per heavy atom. The molecule has 0 unspecified atom stereocenters. The first-order valence-electron chi connectivity index (χ1n) is 2.44. The number of rotatable bonds is 0. The van der Waals surface area contributed by atoms with E-state index in [2.05, 4.69) is 6.58 Å². The maximum Gasteiger partial charge on any atom is 0.339 e. The molecule has 1 radical (unpaired) electrons. The van der Waals surface area contributed by atoms with Crippen LogP contribution < -0.4 is 0 Å². The first-order valence-corrected chi connectivity index (χ1v) is 2.44. The molecule has 0 N–H and O–H groups in total. The zero-order chi connectivity index (χ0) is 7.99. The summed E-state index contributed by atoms with van der Waals surface area (Å²) in [5.41, 5.74) is -0.961. The maximum absolute atomic E-state index is 12.2. The molecule has 4 heteroatoms. The average Bonchev–Trinajstić information content (AvgIpc) is 1.94. The van der Waals surface area contributed by atoms with Gasteiger partial charge in [0.2, 0.25) is 0 Å². The smallest absolute Gasteiger partial charge is 0.195 e. The van der Waals surface area contributed by atoms with E-state index in [1.54, 1.807) is 6.08 Å². The van der Waals surface area contributed by atoms with E-state index in [1.165, 1.54) is 0 Å². The lowest BCUT2D eigenvalue weighted by Gasteiger charge is -2.17. The minimum atomic E-state index is -4.15. The molecule has 0 bridgehead atoms. The monoisotopic (exact) mass is 151 g/mol. The molecule has 0 fully saturated rings. The van der Waals surface area contributed by atoms with Gasteiger partial charge in [0.05, 0.1) is 0 Å². The second kappa shape index (κ2) is 1.62. The lowest BCUT2D eigenvalue weighted by molar-refractivity contribution is -0.144. The zero-order valence-corrected chi connectivity index (χ0v) is 4.80. The van der Waals surface area contributed by atoms with E-state index in [4.69, 9.17) is 0 Å². The predicted molar refractivity (Wildman–Crippen MR) is 26.8 cm³/mol. The van der Waals surface area contributed by atoms with Crippen molar-refractivity contribution >= 4 is 0 Å². The third-order valence-electron chi connectivity index (χ3n) is 1.23. The lowest BCUT2D eigenvalue weighted by Crippen LogP contribution is -2.35. The van der Waals surface area contributed by atoms with Gasteiger partial charge in [0, 0.05) is 5.57 Å². The van der Waals surface area contributed by atoms with E-state index >= 15 is 0 Å². The van der Waals surface area contributed by atoms with Gasteiger partial charge in [0.15, 0.2) is 0 Å². The summed E-state index contributed by atoms with van der Waals surface area (Å²) in [6.07, 6.45) is 1.72. The van der Waals surface area contributed by atoms with Gasteiger partial charge in [0.25, 0.3) is 0 Å². The van der Waals surface area contributed by atoms with Crippen molar-refractivity contribution in [3.63, 3.8) is 0 Å². The van der Waals surface area contributed by atoms with Crippen LogP contribution in [0.3, 0.4) is 0 Å². The Kier molecular flexibility index (Phi) is 1.18. The number of halogens is 4. The Morgan fingerprint density at radius 2 is 1.80 bits per heavy atom. The Balaban J connectivity index is 3.05. The Labute approximate surface area is 54.8 Å². The summed E-state index contributed by atoms with van der Waals surface area (Å²) in [4.78, 5) is 0. The highest BCUT2D eigenvalue weighted by atomic mass is 19.3. The van der Waals surface area contributed by atoms with Crippen LogP contribution in [0.4, 0.5) is 17.6 Å². The minimum Gasteiger partial charge on any atom is -0.195 e. The van der Waals surface area contributed by atoms with Crippen LogP contribution >= 0.6 is 0 Å². The van der Waals surface area contributed by atoms with Crippen molar-refractivity contribution in [3.8, 4) is 0 Å². The third kappa shape index (κ3) is 0.678. The van der Waals surface area contributed by atoms with Gasteiger partial charge in [-0.15, -0.1) is 0 Å². The summed E-state index contributed by atoms with van der Waals surface area (Å²) in [5, 5.41) is 0. The molecule has 0 aromatic heterocycles. The molecule has 0 aromatic carbocycles. The van der Waals surface area contributed by atoms with Gasteiger partial charge in [-0.05, 0) is 12.2 Å². The van der Waals surface area contributed by atoms with Crippen molar-refractivity contribution < 1.29 is 17.6 Å². The molecule has 0 amide bonds. The van der Waals surface area contributed by atoms with E-state index in [1.807, 2.05) is 0 Å². The van der Waals surface area contributed by atoms with E-state index in [0.717, 1.165) is 0 Å². The van der Waals surface area contributed by atoms with E-state index < -0.39 is 17.4 Å². The van der Waals surface area contributed by atoms with Crippen molar-refractivity contribution in [1.29, 1.82) is 0 Å². The largest absolute Gasteiger partial charge is 0.339 e. The SMILES string of the molecule is C=C1[C]=CC(F)(F)C1(F)F. The van der Waals surface area contributed by atoms with Gasteiger partial charge in [-0.3, -0.25) is 0 Å². The normalized spacial score (nSPS) is 27.4. The van der Waals surface area contributed by atoms with Crippen LogP contribution in [0.15, 0.2) is 18.2 Å². The number of allylic oxidation sites excluding steroid dienone is 3. The molecule has 10 heavy (non-hydrogen) atoms. The first-order chi connectivity index (χ1) is 4.38. The fraction of sp³-hybridized carbons (Fsp3) is 0.333. The topological polar surface area (TPSA) is 0 Å². The Hall–Kier alpha value is -0.800. The zero-order valence-electron chi connectivity index (χ0n) is 4.80. The molecule has 0 nitrogen and oxygen atoms in total. The molecule has 1 aliphatic rings. The third-order valence-corrected chi connectivity index (χ3v) is 1.23. The summed E-state index contributed by atoms with van der Waals surface area (Å²) in [5.74, 6) is -8.25. The van der Waals surface area contributed by atoms with Crippen LogP contribution in [0.1, 0.15) is 0 Å². The average molecular weight is 151 g/mol. The van der Waals surface area contributed by atoms with Crippen molar-refractivity contribution in [2.24, 2.45) is 0 Å². The summed E-state index contributed by atoms with van der Waals surface area (Å²) in [6.45, 7) is 2.73. The predicted octanol–water partition coefficient (Wildman–Crippen LogP) is 2.19. The molecule has 0 heterocycles. The van der Waals surface area contributed by atoms with Crippen molar-refractivity contribution in [2.45, 2.75) is 11.8 Å². The molecule has 0 saturated heterocycles. The van der Waals surface area contributed by atoms with Crippen LogP contribution in [-0.2, 0) is 0 Å². The second-order valence-corrected chi connectivity index (χ2v) is 1.96. The molecule has 0 atom stereocenters. The number of hydrogen-bond acceptors (Lipinski definition) is 0. The highest BCUT2D eigenvalue weighted by Gasteiger charge is 2.59. The highest BCUT2D eigenvalue weighted by molar-refractivity contribution is 5.32. The van der Waals surface area contributed by atoms with Gasteiger partial charge in [-0.1, -0.05) is 6.58 Å². The van der Waals surface area contributed by atoms with Crippen LogP contribution in [0.25, 0.3) is 0 Å². The van der Waals surface area contributed by atoms with Crippen molar-refractivity contribution in [2.75, 3.05) is 0 Å². The Bertz CT molecular complexity index is 202. The van der Waals surface area contributed by atoms with Crippen LogP contribution in [0.2, 0.25) is 0 Å². The first kappa shape index (κ1) is 7.31. The van der Waals surface area contributed by atoms with Gasteiger partial charge >= 0.3 is 11.8 Å².